The fraction of sp³-hybridized carbons (Fsp3) is 0.200. The van der Waals surface area contributed by atoms with Gasteiger partial charge in [-0.05, 0) is 30.3 Å². The van der Waals surface area contributed by atoms with Gasteiger partial charge in [0.15, 0.2) is 0 Å². The van der Waals surface area contributed by atoms with Gasteiger partial charge in [0.2, 0.25) is 0 Å². The Labute approximate surface area is 183 Å². The van der Waals surface area contributed by atoms with E-state index < -0.39 is 0 Å². The van der Waals surface area contributed by atoms with Crippen molar-refractivity contribution in [3.05, 3.63) is 60.6 Å². The normalized spacial score (nSPS) is 11.7. The number of methoxy groups -OCH3 is 1. The van der Waals surface area contributed by atoms with Crippen LogP contribution < -0.4 is 15.4 Å². The number of tetrazole rings is 1. The molecule has 0 fully saturated rings. The molecule has 3 aromatic heterocycles. The number of benzene rings is 1. The lowest BCUT2D eigenvalue weighted by Crippen LogP contribution is -2.03. The van der Waals surface area contributed by atoms with Crippen LogP contribution in [0.25, 0.3) is 11.3 Å². The molecule has 0 bridgehead atoms. The molecule has 4 aromatic rings. The molecular formula is C20H21N9OS. The van der Waals surface area contributed by atoms with Crippen LogP contribution in [0, 0.1) is 0 Å². The van der Waals surface area contributed by atoms with Gasteiger partial charge in [-0.3, -0.25) is 0 Å². The van der Waals surface area contributed by atoms with Crippen LogP contribution in [0.3, 0.4) is 0 Å². The van der Waals surface area contributed by atoms with E-state index >= 15 is 0 Å². The minimum Gasteiger partial charge on any atom is -0.496 e. The first-order valence-electron chi connectivity index (χ1n) is 9.50. The van der Waals surface area contributed by atoms with Gasteiger partial charge in [0.25, 0.3) is 5.95 Å². The highest BCUT2D eigenvalue weighted by Gasteiger charge is 2.11. The molecule has 0 aliphatic carbocycles. The van der Waals surface area contributed by atoms with Crippen LogP contribution in [0.4, 0.5) is 17.6 Å². The lowest BCUT2D eigenvalue weighted by atomic mass is 10.1. The molecule has 0 amide bonds. The SMILES string of the molecule is COc1ccccc1[C@H](C)SCNc1cc(-c2ccc(Nc3nn[nH]n3)nc2)ncn1. The van der Waals surface area contributed by atoms with E-state index in [1.54, 1.807) is 25.1 Å². The number of aromatic amines is 1. The summed E-state index contributed by atoms with van der Waals surface area (Å²) < 4.78 is 5.46. The Bertz CT molecular complexity index is 1110. The van der Waals surface area contributed by atoms with Gasteiger partial charge in [0, 0.05) is 28.6 Å². The summed E-state index contributed by atoms with van der Waals surface area (Å²) in [4.78, 5) is 13.0. The molecule has 0 radical (unpaired) electrons. The Kier molecular flexibility index (Phi) is 6.53. The molecule has 1 atom stereocenters. The third-order valence-electron chi connectivity index (χ3n) is 4.48. The first-order chi connectivity index (χ1) is 15.2. The molecule has 3 N–H and O–H groups in total. The zero-order valence-corrected chi connectivity index (χ0v) is 17.8. The number of nitrogens with one attached hydrogen (secondary N) is 3. The third-order valence-corrected chi connectivity index (χ3v) is 5.54. The van der Waals surface area contributed by atoms with Crippen molar-refractivity contribution >= 4 is 29.3 Å². The molecule has 3 heterocycles. The number of anilines is 3. The van der Waals surface area contributed by atoms with Gasteiger partial charge in [-0.2, -0.15) is 5.21 Å². The Morgan fingerprint density at radius 3 is 2.77 bits per heavy atom. The van der Waals surface area contributed by atoms with Crippen LogP contribution in [0.15, 0.2) is 55.0 Å². The zero-order chi connectivity index (χ0) is 21.5. The molecule has 4 rings (SSSR count). The molecule has 0 unspecified atom stereocenters. The molecule has 158 valence electrons. The highest BCUT2D eigenvalue weighted by atomic mass is 32.2. The molecule has 0 spiro atoms. The molecule has 11 heteroatoms. The summed E-state index contributed by atoms with van der Waals surface area (Å²) >= 11 is 1.77. The number of ether oxygens (including phenoxy) is 1. The minimum atomic E-state index is 0.272. The minimum absolute atomic E-state index is 0.272. The first-order valence-corrected chi connectivity index (χ1v) is 10.5. The second kappa shape index (κ2) is 9.85. The number of para-hydroxylation sites is 1. The average Bonchev–Trinajstić information content (AvgIpc) is 3.33. The Morgan fingerprint density at radius 1 is 1.10 bits per heavy atom. The molecule has 0 aliphatic heterocycles. The van der Waals surface area contributed by atoms with Crippen molar-refractivity contribution in [1.29, 1.82) is 0 Å². The third kappa shape index (κ3) is 5.25. The van der Waals surface area contributed by atoms with Gasteiger partial charge in [0.05, 0.1) is 18.7 Å². The second-order valence-corrected chi connectivity index (χ2v) is 7.78. The second-order valence-electron chi connectivity index (χ2n) is 6.45. The number of thioether (sulfide) groups is 1. The summed E-state index contributed by atoms with van der Waals surface area (Å²) in [5, 5.41) is 20.1. The van der Waals surface area contributed by atoms with Gasteiger partial charge in [-0.25, -0.2) is 15.0 Å². The molecule has 0 saturated carbocycles. The van der Waals surface area contributed by atoms with Crippen LogP contribution in [-0.4, -0.2) is 48.6 Å². The van der Waals surface area contributed by atoms with Crippen LogP contribution in [0.5, 0.6) is 5.75 Å². The van der Waals surface area contributed by atoms with E-state index in [0.29, 0.717) is 17.6 Å². The summed E-state index contributed by atoms with van der Waals surface area (Å²) in [6.07, 6.45) is 3.27. The Morgan fingerprint density at radius 2 is 2.00 bits per heavy atom. The monoisotopic (exact) mass is 435 g/mol. The quantitative estimate of drug-likeness (QED) is 0.335. The molecule has 10 nitrogen and oxygen atoms in total. The van der Waals surface area contributed by atoms with Crippen LogP contribution in [0.2, 0.25) is 0 Å². The molecule has 31 heavy (non-hydrogen) atoms. The fourth-order valence-electron chi connectivity index (χ4n) is 2.89. The van der Waals surface area contributed by atoms with Crippen molar-refractivity contribution in [2.45, 2.75) is 12.2 Å². The molecule has 0 aliphatic rings. The number of hydrogen-bond donors (Lipinski definition) is 3. The number of pyridine rings is 1. The van der Waals surface area contributed by atoms with E-state index in [1.165, 1.54) is 11.9 Å². The van der Waals surface area contributed by atoms with E-state index in [1.807, 2.05) is 36.4 Å². The standard InChI is InChI=1S/C20H21N9OS/c1-13(15-5-3-4-6-17(15)30-2)31-12-24-19-9-16(22-11-23-19)14-7-8-18(21-10-14)25-20-26-28-29-27-20/h3-11,13H,12H2,1-2H3,(H,22,23,24)(H2,21,25,26,27,28,29)/t13-/m0/s1. The van der Waals surface area contributed by atoms with Crippen LogP contribution in [0.1, 0.15) is 17.7 Å². The van der Waals surface area contributed by atoms with Crippen molar-refractivity contribution < 1.29 is 4.74 Å². The van der Waals surface area contributed by atoms with Crippen molar-refractivity contribution in [3.63, 3.8) is 0 Å². The van der Waals surface area contributed by atoms with Crippen molar-refractivity contribution in [2.75, 3.05) is 23.6 Å². The van der Waals surface area contributed by atoms with E-state index in [9.17, 15) is 0 Å². The topological polar surface area (TPSA) is 126 Å². The van der Waals surface area contributed by atoms with Gasteiger partial charge in [0.1, 0.15) is 23.7 Å². The Hall–Kier alpha value is -3.73. The summed E-state index contributed by atoms with van der Waals surface area (Å²) in [6, 6.07) is 13.7. The van der Waals surface area contributed by atoms with Crippen molar-refractivity contribution in [3.8, 4) is 17.0 Å². The summed E-state index contributed by atoms with van der Waals surface area (Å²) in [7, 11) is 1.69. The van der Waals surface area contributed by atoms with Gasteiger partial charge in [-0.1, -0.05) is 23.3 Å². The van der Waals surface area contributed by atoms with E-state index in [4.69, 9.17) is 4.74 Å². The van der Waals surface area contributed by atoms with Crippen LogP contribution in [-0.2, 0) is 0 Å². The first kappa shape index (κ1) is 20.5. The molecular weight excluding hydrogens is 414 g/mol. The smallest absolute Gasteiger partial charge is 0.268 e. The molecule has 0 saturated heterocycles. The number of rotatable bonds is 9. The van der Waals surface area contributed by atoms with Crippen molar-refractivity contribution in [1.82, 2.24) is 35.6 Å². The molecule has 1 aromatic carbocycles. The van der Waals surface area contributed by atoms with Crippen molar-refractivity contribution in [2.24, 2.45) is 0 Å². The number of aromatic nitrogens is 7. The maximum atomic E-state index is 5.46. The van der Waals surface area contributed by atoms with E-state index in [-0.39, 0.29) is 5.25 Å². The number of hydrogen-bond acceptors (Lipinski definition) is 10. The van der Waals surface area contributed by atoms with E-state index in [2.05, 4.69) is 59.2 Å². The largest absolute Gasteiger partial charge is 0.496 e. The highest BCUT2D eigenvalue weighted by Crippen LogP contribution is 2.34. The van der Waals surface area contributed by atoms with E-state index in [0.717, 1.165) is 22.8 Å². The van der Waals surface area contributed by atoms with Gasteiger partial charge >= 0.3 is 0 Å². The van der Waals surface area contributed by atoms with Gasteiger partial charge < -0.3 is 15.4 Å². The predicted octanol–water partition coefficient (Wildman–Crippen LogP) is 3.67. The predicted molar refractivity (Wildman–Crippen MR) is 120 cm³/mol. The van der Waals surface area contributed by atoms with Crippen LogP contribution >= 0.6 is 11.8 Å². The summed E-state index contributed by atoms with van der Waals surface area (Å²) in [6.45, 7) is 2.16. The lowest BCUT2D eigenvalue weighted by Gasteiger charge is -2.15. The average molecular weight is 436 g/mol. The Balaban J connectivity index is 1.36. The maximum Gasteiger partial charge on any atom is 0.268 e. The number of nitrogens with zero attached hydrogens (tertiary/aromatic N) is 6. The van der Waals surface area contributed by atoms with Gasteiger partial charge in [-0.15, -0.1) is 16.9 Å². The lowest BCUT2D eigenvalue weighted by molar-refractivity contribution is 0.410. The summed E-state index contributed by atoms with van der Waals surface area (Å²) in [5.74, 6) is 3.31. The maximum absolute atomic E-state index is 5.46. The number of H-pyrrole nitrogens is 1. The zero-order valence-electron chi connectivity index (χ0n) is 17.0. The highest BCUT2D eigenvalue weighted by molar-refractivity contribution is 7.99. The summed E-state index contributed by atoms with van der Waals surface area (Å²) in [5.41, 5.74) is 2.82. The fourth-order valence-corrected chi connectivity index (χ4v) is 3.75.